The van der Waals surface area contributed by atoms with Gasteiger partial charge >= 0.3 is 5.97 Å². The number of pyridine rings is 1. The van der Waals surface area contributed by atoms with E-state index < -0.39 is 5.97 Å². The average Bonchev–Trinajstić information content (AvgIpc) is 2.89. The van der Waals surface area contributed by atoms with Gasteiger partial charge in [0.1, 0.15) is 18.3 Å². The fourth-order valence-corrected chi connectivity index (χ4v) is 2.45. The minimum absolute atomic E-state index is 0.0282. The van der Waals surface area contributed by atoms with E-state index in [-0.39, 0.29) is 12.6 Å². The maximum atomic E-state index is 11.0. The third-order valence-corrected chi connectivity index (χ3v) is 3.26. The van der Waals surface area contributed by atoms with Crippen LogP contribution in [0, 0.1) is 11.3 Å². The topological polar surface area (TPSA) is 77.2 Å². The van der Waals surface area contributed by atoms with Crippen LogP contribution in [0.15, 0.2) is 18.3 Å². The maximum absolute atomic E-state index is 11.0. The van der Waals surface area contributed by atoms with Crippen LogP contribution in [0.1, 0.15) is 31.4 Å². The number of carbonyl (C=O) groups is 1. The van der Waals surface area contributed by atoms with Crippen molar-refractivity contribution in [2.24, 2.45) is 0 Å². The number of hydrogen-bond donors (Lipinski definition) is 1. The monoisotopic (exact) mass is 245 g/mol. The van der Waals surface area contributed by atoms with Crippen molar-refractivity contribution in [3.05, 3.63) is 24.0 Å². The molecule has 94 valence electrons. The Hall–Kier alpha value is -2.09. The highest BCUT2D eigenvalue weighted by Gasteiger charge is 2.24. The molecular weight excluding hydrogens is 230 g/mol. The Balaban J connectivity index is 2.26. The first kappa shape index (κ1) is 12.4. The van der Waals surface area contributed by atoms with Crippen LogP contribution in [0.25, 0.3) is 0 Å². The molecular formula is C13H15N3O2. The molecule has 0 saturated heterocycles. The molecule has 2 rings (SSSR count). The normalized spacial score (nSPS) is 15.3. The zero-order chi connectivity index (χ0) is 13.0. The molecule has 5 heteroatoms. The number of nitrogens with zero attached hydrogens (tertiary/aromatic N) is 3. The SMILES string of the molecule is N#Cc1cc(N(CC(=O)O)C2CCCC2)ccn1. The van der Waals surface area contributed by atoms with E-state index in [9.17, 15) is 4.79 Å². The molecule has 1 N–H and O–H groups in total. The van der Waals surface area contributed by atoms with Crippen LogP contribution < -0.4 is 4.90 Å². The number of rotatable bonds is 4. The van der Waals surface area contributed by atoms with Crippen LogP contribution in [0.2, 0.25) is 0 Å². The van der Waals surface area contributed by atoms with Gasteiger partial charge in [-0.25, -0.2) is 4.98 Å². The quantitative estimate of drug-likeness (QED) is 0.875. The number of aromatic nitrogens is 1. The second-order valence-corrected chi connectivity index (χ2v) is 4.47. The Morgan fingerprint density at radius 1 is 1.56 bits per heavy atom. The van der Waals surface area contributed by atoms with Crippen molar-refractivity contribution in [2.45, 2.75) is 31.7 Å². The number of carboxylic acid groups (broad SMARTS) is 1. The number of nitriles is 1. The zero-order valence-corrected chi connectivity index (χ0v) is 10.0. The molecule has 1 aliphatic carbocycles. The summed E-state index contributed by atoms with van der Waals surface area (Å²) in [6.45, 7) is -0.0282. The van der Waals surface area contributed by atoms with E-state index in [0.717, 1.165) is 31.4 Å². The van der Waals surface area contributed by atoms with E-state index in [1.54, 1.807) is 18.3 Å². The van der Waals surface area contributed by atoms with Crippen molar-refractivity contribution >= 4 is 11.7 Å². The van der Waals surface area contributed by atoms with E-state index >= 15 is 0 Å². The molecule has 1 aromatic heterocycles. The summed E-state index contributed by atoms with van der Waals surface area (Å²) in [7, 11) is 0. The Bertz CT molecular complexity index is 475. The van der Waals surface area contributed by atoms with Gasteiger partial charge < -0.3 is 10.0 Å². The van der Waals surface area contributed by atoms with Crippen LogP contribution in [-0.2, 0) is 4.79 Å². The fraction of sp³-hybridized carbons (Fsp3) is 0.462. The first-order chi connectivity index (χ1) is 8.70. The lowest BCUT2D eigenvalue weighted by Gasteiger charge is -2.29. The van der Waals surface area contributed by atoms with Gasteiger partial charge in [0.25, 0.3) is 0 Å². The Kier molecular flexibility index (Phi) is 3.78. The van der Waals surface area contributed by atoms with Gasteiger partial charge in [-0.15, -0.1) is 0 Å². The summed E-state index contributed by atoms with van der Waals surface area (Å²) < 4.78 is 0. The molecule has 0 bridgehead atoms. The van der Waals surface area contributed by atoms with Gasteiger partial charge in [-0.05, 0) is 25.0 Å². The van der Waals surface area contributed by atoms with Crippen LogP contribution in [0.4, 0.5) is 5.69 Å². The Labute approximate surface area is 106 Å². The first-order valence-corrected chi connectivity index (χ1v) is 6.05. The van der Waals surface area contributed by atoms with Crippen LogP contribution in [0.5, 0.6) is 0 Å². The molecule has 0 amide bonds. The molecule has 5 nitrogen and oxygen atoms in total. The molecule has 0 aromatic carbocycles. The number of carboxylic acids is 1. The van der Waals surface area contributed by atoms with Crippen LogP contribution >= 0.6 is 0 Å². The van der Waals surface area contributed by atoms with Crippen molar-refractivity contribution in [2.75, 3.05) is 11.4 Å². The lowest BCUT2D eigenvalue weighted by atomic mass is 10.1. The summed E-state index contributed by atoms with van der Waals surface area (Å²) in [6, 6.07) is 5.66. The predicted molar refractivity (Wildman–Crippen MR) is 66.2 cm³/mol. The van der Waals surface area contributed by atoms with Crippen molar-refractivity contribution < 1.29 is 9.90 Å². The van der Waals surface area contributed by atoms with E-state index in [1.165, 1.54) is 0 Å². The third-order valence-electron chi connectivity index (χ3n) is 3.26. The summed E-state index contributed by atoms with van der Waals surface area (Å²) in [5, 5.41) is 17.9. The van der Waals surface area contributed by atoms with Crippen molar-refractivity contribution in [3.8, 4) is 6.07 Å². The molecule has 18 heavy (non-hydrogen) atoms. The van der Waals surface area contributed by atoms with Crippen molar-refractivity contribution in [3.63, 3.8) is 0 Å². The van der Waals surface area contributed by atoms with Gasteiger partial charge in [0, 0.05) is 17.9 Å². The highest BCUT2D eigenvalue weighted by molar-refractivity contribution is 5.74. The molecule has 0 atom stereocenters. The minimum atomic E-state index is -0.850. The third kappa shape index (κ3) is 2.77. The lowest BCUT2D eigenvalue weighted by Crippen LogP contribution is -2.37. The van der Waals surface area contributed by atoms with Crippen molar-refractivity contribution in [1.82, 2.24) is 4.98 Å². The minimum Gasteiger partial charge on any atom is -0.480 e. The smallest absolute Gasteiger partial charge is 0.323 e. The number of aliphatic carboxylic acids is 1. The molecule has 0 unspecified atom stereocenters. The van der Waals surface area contributed by atoms with Gasteiger partial charge in [0.15, 0.2) is 0 Å². The molecule has 1 saturated carbocycles. The summed E-state index contributed by atoms with van der Waals surface area (Å²) in [5.41, 5.74) is 1.09. The second kappa shape index (κ2) is 5.50. The molecule has 0 radical (unpaired) electrons. The largest absolute Gasteiger partial charge is 0.480 e. The van der Waals surface area contributed by atoms with Gasteiger partial charge in [0.05, 0.1) is 0 Å². The summed E-state index contributed by atoms with van der Waals surface area (Å²) in [4.78, 5) is 16.8. The second-order valence-electron chi connectivity index (χ2n) is 4.47. The molecule has 1 aliphatic rings. The summed E-state index contributed by atoms with van der Waals surface area (Å²) in [5.74, 6) is -0.850. The molecule has 0 spiro atoms. The first-order valence-electron chi connectivity index (χ1n) is 6.05. The van der Waals surface area contributed by atoms with Gasteiger partial charge in [-0.1, -0.05) is 12.8 Å². The maximum Gasteiger partial charge on any atom is 0.323 e. The lowest BCUT2D eigenvalue weighted by molar-refractivity contribution is -0.135. The van der Waals surface area contributed by atoms with E-state index in [4.69, 9.17) is 10.4 Å². The number of anilines is 1. The standard InChI is InChI=1S/C13H15N3O2/c14-8-10-7-12(5-6-15-10)16(9-13(17)18)11-3-1-2-4-11/h5-7,11H,1-4,9H2,(H,17,18). The Morgan fingerprint density at radius 2 is 2.28 bits per heavy atom. The molecule has 1 heterocycles. The van der Waals surface area contributed by atoms with Gasteiger partial charge in [-0.2, -0.15) is 5.26 Å². The Morgan fingerprint density at radius 3 is 2.89 bits per heavy atom. The van der Waals surface area contributed by atoms with E-state index in [2.05, 4.69) is 4.98 Å². The summed E-state index contributed by atoms with van der Waals surface area (Å²) in [6.07, 6.45) is 5.85. The average molecular weight is 245 g/mol. The van der Waals surface area contributed by atoms with Gasteiger partial charge in [0.2, 0.25) is 0 Å². The zero-order valence-electron chi connectivity index (χ0n) is 10.0. The van der Waals surface area contributed by atoms with Gasteiger partial charge in [-0.3, -0.25) is 4.79 Å². The molecule has 1 aromatic rings. The summed E-state index contributed by atoms with van der Waals surface area (Å²) >= 11 is 0. The molecule has 0 aliphatic heterocycles. The number of hydrogen-bond acceptors (Lipinski definition) is 4. The van der Waals surface area contributed by atoms with Crippen LogP contribution in [0.3, 0.4) is 0 Å². The fourth-order valence-electron chi connectivity index (χ4n) is 2.45. The van der Waals surface area contributed by atoms with E-state index in [1.807, 2.05) is 11.0 Å². The van der Waals surface area contributed by atoms with Crippen molar-refractivity contribution in [1.29, 1.82) is 5.26 Å². The highest BCUT2D eigenvalue weighted by atomic mass is 16.4. The molecule has 1 fully saturated rings. The van der Waals surface area contributed by atoms with Crippen LogP contribution in [-0.4, -0.2) is 28.6 Å². The predicted octanol–water partition coefficient (Wildman–Crippen LogP) is 1.79. The highest BCUT2D eigenvalue weighted by Crippen LogP contribution is 2.28. The van der Waals surface area contributed by atoms with E-state index in [0.29, 0.717) is 5.69 Å².